The van der Waals surface area contributed by atoms with Gasteiger partial charge in [-0.15, -0.1) is 0 Å². The van der Waals surface area contributed by atoms with Gasteiger partial charge in [-0.3, -0.25) is 4.79 Å². The number of rotatable bonds is 4. The predicted molar refractivity (Wildman–Crippen MR) is 106 cm³/mol. The minimum absolute atomic E-state index is 0.115. The van der Waals surface area contributed by atoms with Crippen molar-refractivity contribution in [2.45, 2.75) is 44.7 Å². The van der Waals surface area contributed by atoms with Crippen LogP contribution in [-0.4, -0.2) is 57.2 Å². The number of likely N-dealkylation sites (tertiary alicyclic amines) is 2. The molecule has 0 bridgehead atoms. The normalized spacial score (nSPS) is 19.6. The summed E-state index contributed by atoms with van der Waals surface area (Å²) in [5.74, 6) is 0.115. The van der Waals surface area contributed by atoms with E-state index in [4.69, 9.17) is 0 Å². The summed E-state index contributed by atoms with van der Waals surface area (Å²) in [6.45, 7) is 2.68. The lowest BCUT2D eigenvalue weighted by atomic mass is 10.1. The number of aromatic nitrogens is 2. The number of amides is 3. The molecule has 3 amide bonds. The Balaban J connectivity index is 1.34. The van der Waals surface area contributed by atoms with Gasteiger partial charge in [0.1, 0.15) is 6.04 Å². The van der Waals surface area contributed by atoms with Gasteiger partial charge in [-0.25, -0.2) is 9.48 Å². The van der Waals surface area contributed by atoms with Gasteiger partial charge in [0.15, 0.2) is 0 Å². The topological polar surface area (TPSA) is 70.5 Å². The SMILES string of the molecule is O=C(C1CCCN1C(=O)NCc1cnn(-c2ccccc2)c1)N1CCCCC1. The molecule has 7 heteroatoms. The summed E-state index contributed by atoms with van der Waals surface area (Å²) >= 11 is 0. The van der Waals surface area contributed by atoms with Crippen molar-refractivity contribution in [3.05, 3.63) is 48.3 Å². The quantitative estimate of drug-likeness (QED) is 0.885. The lowest BCUT2D eigenvalue weighted by Gasteiger charge is -2.32. The van der Waals surface area contributed by atoms with Crippen molar-refractivity contribution >= 4 is 11.9 Å². The van der Waals surface area contributed by atoms with Crippen LogP contribution in [0.1, 0.15) is 37.7 Å². The Morgan fingerprint density at radius 3 is 2.61 bits per heavy atom. The van der Waals surface area contributed by atoms with E-state index in [1.54, 1.807) is 15.8 Å². The minimum Gasteiger partial charge on any atom is -0.341 e. The molecule has 0 radical (unpaired) electrons. The van der Waals surface area contributed by atoms with Crippen molar-refractivity contribution in [3.63, 3.8) is 0 Å². The van der Waals surface area contributed by atoms with Crippen LogP contribution in [0.5, 0.6) is 0 Å². The van der Waals surface area contributed by atoms with E-state index in [2.05, 4.69) is 10.4 Å². The maximum absolute atomic E-state index is 12.8. The lowest BCUT2D eigenvalue weighted by molar-refractivity contribution is -0.136. The van der Waals surface area contributed by atoms with Crippen molar-refractivity contribution < 1.29 is 9.59 Å². The third-order valence-corrected chi connectivity index (χ3v) is 5.57. The second-order valence-electron chi connectivity index (χ2n) is 7.52. The molecule has 148 valence electrons. The molecule has 1 unspecified atom stereocenters. The lowest BCUT2D eigenvalue weighted by Crippen LogP contribution is -2.51. The van der Waals surface area contributed by atoms with E-state index in [1.165, 1.54) is 6.42 Å². The molecule has 28 heavy (non-hydrogen) atoms. The highest BCUT2D eigenvalue weighted by Crippen LogP contribution is 2.21. The standard InChI is InChI=1S/C21H27N5O2/c27-20(24-11-5-2-6-12-24)19-10-7-13-25(19)21(28)22-14-17-15-23-26(16-17)18-8-3-1-4-9-18/h1,3-4,8-9,15-16,19H,2,5-7,10-14H2,(H,22,28). The average molecular weight is 381 g/mol. The van der Waals surface area contributed by atoms with Crippen LogP contribution in [0.15, 0.2) is 42.7 Å². The van der Waals surface area contributed by atoms with Gasteiger partial charge in [0.25, 0.3) is 0 Å². The van der Waals surface area contributed by atoms with E-state index in [0.717, 1.165) is 50.0 Å². The van der Waals surface area contributed by atoms with Gasteiger partial charge in [-0.2, -0.15) is 5.10 Å². The number of para-hydroxylation sites is 1. The second-order valence-corrected chi connectivity index (χ2v) is 7.52. The molecule has 2 aliphatic rings. The van der Waals surface area contributed by atoms with E-state index >= 15 is 0 Å². The predicted octanol–water partition coefficient (Wildman–Crippen LogP) is 2.56. The van der Waals surface area contributed by atoms with Crippen LogP contribution in [0.4, 0.5) is 4.79 Å². The van der Waals surface area contributed by atoms with E-state index in [1.807, 2.05) is 41.4 Å². The van der Waals surface area contributed by atoms with Crippen molar-refractivity contribution in [1.82, 2.24) is 24.9 Å². The van der Waals surface area contributed by atoms with Crippen molar-refractivity contribution in [1.29, 1.82) is 0 Å². The fourth-order valence-electron chi connectivity index (χ4n) is 4.04. The fraction of sp³-hybridized carbons (Fsp3) is 0.476. The van der Waals surface area contributed by atoms with Crippen LogP contribution in [0.3, 0.4) is 0 Å². The first-order valence-electron chi connectivity index (χ1n) is 10.1. The molecule has 2 saturated heterocycles. The van der Waals surface area contributed by atoms with E-state index in [-0.39, 0.29) is 18.0 Å². The number of nitrogens with zero attached hydrogens (tertiary/aromatic N) is 4. The van der Waals surface area contributed by atoms with Gasteiger partial charge < -0.3 is 15.1 Å². The monoisotopic (exact) mass is 381 g/mol. The average Bonchev–Trinajstić information content (AvgIpc) is 3.43. The molecule has 0 aliphatic carbocycles. The molecule has 7 nitrogen and oxygen atoms in total. The fourth-order valence-corrected chi connectivity index (χ4v) is 4.04. The maximum Gasteiger partial charge on any atom is 0.318 e. The van der Waals surface area contributed by atoms with Crippen LogP contribution in [0.2, 0.25) is 0 Å². The Bertz CT molecular complexity index is 813. The highest BCUT2D eigenvalue weighted by Gasteiger charge is 2.36. The van der Waals surface area contributed by atoms with Gasteiger partial charge in [0, 0.05) is 37.9 Å². The number of piperidine rings is 1. The zero-order valence-corrected chi connectivity index (χ0v) is 16.1. The van der Waals surface area contributed by atoms with Gasteiger partial charge in [0.05, 0.1) is 11.9 Å². The summed E-state index contributed by atoms with van der Waals surface area (Å²) in [5, 5.41) is 7.31. The highest BCUT2D eigenvalue weighted by molar-refractivity contribution is 5.87. The number of carbonyl (C=O) groups excluding carboxylic acids is 2. The highest BCUT2D eigenvalue weighted by atomic mass is 16.2. The molecular weight excluding hydrogens is 354 g/mol. The third kappa shape index (κ3) is 4.03. The Kier molecular flexibility index (Phi) is 5.60. The zero-order valence-electron chi connectivity index (χ0n) is 16.1. The van der Waals surface area contributed by atoms with Crippen LogP contribution in [0, 0.1) is 0 Å². The summed E-state index contributed by atoms with van der Waals surface area (Å²) in [6.07, 6.45) is 8.63. The number of carbonyl (C=O) groups is 2. The number of benzene rings is 1. The van der Waals surface area contributed by atoms with E-state index in [0.29, 0.717) is 13.1 Å². The molecule has 1 aromatic carbocycles. The molecule has 0 saturated carbocycles. The van der Waals surface area contributed by atoms with Crippen molar-refractivity contribution in [2.75, 3.05) is 19.6 Å². The van der Waals surface area contributed by atoms with Crippen LogP contribution in [-0.2, 0) is 11.3 Å². The first-order chi connectivity index (χ1) is 13.7. The molecule has 3 heterocycles. The molecule has 2 fully saturated rings. The number of hydrogen-bond acceptors (Lipinski definition) is 3. The van der Waals surface area contributed by atoms with Gasteiger partial charge in [-0.05, 0) is 44.2 Å². The smallest absolute Gasteiger partial charge is 0.318 e. The van der Waals surface area contributed by atoms with Gasteiger partial charge >= 0.3 is 6.03 Å². The van der Waals surface area contributed by atoms with Crippen LogP contribution in [0.25, 0.3) is 5.69 Å². The minimum atomic E-state index is -0.315. The first-order valence-corrected chi connectivity index (χ1v) is 10.1. The number of hydrogen-bond donors (Lipinski definition) is 1. The summed E-state index contributed by atoms with van der Waals surface area (Å²) < 4.78 is 1.79. The first kappa shape index (κ1) is 18.5. The van der Waals surface area contributed by atoms with E-state index < -0.39 is 0 Å². The van der Waals surface area contributed by atoms with Gasteiger partial charge in [-0.1, -0.05) is 18.2 Å². The van der Waals surface area contributed by atoms with Crippen molar-refractivity contribution in [3.8, 4) is 5.69 Å². The molecule has 2 aliphatic heterocycles. The summed E-state index contributed by atoms with van der Waals surface area (Å²) in [7, 11) is 0. The van der Waals surface area contributed by atoms with Gasteiger partial charge in [0.2, 0.25) is 5.91 Å². The molecule has 0 spiro atoms. The second kappa shape index (κ2) is 8.46. The number of urea groups is 1. The number of nitrogens with one attached hydrogen (secondary N) is 1. The largest absolute Gasteiger partial charge is 0.341 e. The molecule has 2 aromatic rings. The molecule has 4 rings (SSSR count). The summed E-state index contributed by atoms with van der Waals surface area (Å²) in [6, 6.07) is 9.38. The molecule has 1 atom stereocenters. The summed E-state index contributed by atoms with van der Waals surface area (Å²) in [5.41, 5.74) is 1.90. The van der Waals surface area contributed by atoms with E-state index in [9.17, 15) is 9.59 Å². The Hall–Kier alpha value is -2.83. The molecule has 1 N–H and O–H groups in total. The third-order valence-electron chi connectivity index (χ3n) is 5.57. The van der Waals surface area contributed by atoms with Crippen LogP contribution < -0.4 is 5.32 Å². The Labute approximate surface area is 165 Å². The zero-order chi connectivity index (χ0) is 19.3. The maximum atomic E-state index is 12.8. The Morgan fingerprint density at radius 1 is 1.04 bits per heavy atom. The van der Waals surface area contributed by atoms with Crippen LogP contribution >= 0.6 is 0 Å². The summed E-state index contributed by atoms with van der Waals surface area (Å²) in [4.78, 5) is 29.2. The Morgan fingerprint density at radius 2 is 1.82 bits per heavy atom. The molecular formula is C21H27N5O2. The van der Waals surface area contributed by atoms with Crippen molar-refractivity contribution in [2.24, 2.45) is 0 Å². The molecule has 1 aromatic heterocycles.